The summed E-state index contributed by atoms with van der Waals surface area (Å²) in [5, 5.41) is 0. The summed E-state index contributed by atoms with van der Waals surface area (Å²) in [6, 6.07) is 1.62. The fourth-order valence-electron chi connectivity index (χ4n) is 3.06. The predicted molar refractivity (Wildman–Crippen MR) is 72.2 cm³/mol. The van der Waals surface area contributed by atoms with Gasteiger partial charge in [0.25, 0.3) is 5.91 Å². The Morgan fingerprint density at radius 1 is 1.14 bits per heavy atom. The van der Waals surface area contributed by atoms with E-state index < -0.39 is 11.8 Å². The number of hydrogen-bond acceptors (Lipinski definition) is 5. The standard InChI is InChI=1S/C14H16N4O3/c1-7-4-11(16-8(2)15-7)14(21)18-5-9-10(6-18)13(20)17(3)12(9)19/h4,9-10H,5-6H2,1-3H3/t9-,10+. The van der Waals surface area contributed by atoms with Crippen molar-refractivity contribution in [3.05, 3.63) is 23.3 Å². The van der Waals surface area contributed by atoms with E-state index in [1.807, 2.05) is 0 Å². The molecule has 2 atom stereocenters. The summed E-state index contributed by atoms with van der Waals surface area (Å²) in [6.07, 6.45) is 0. The van der Waals surface area contributed by atoms with Crippen LogP contribution in [0.5, 0.6) is 0 Å². The molecule has 0 aromatic carbocycles. The molecule has 3 rings (SSSR count). The average molecular weight is 288 g/mol. The number of nitrogens with zero attached hydrogens (tertiary/aromatic N) is 4. The summed E-state index contributed by atoms with van der Waals surface area (Å²) in [7, 11) is 1.49. The molecular weight excluding hydrogens is 272 g/mol. The Balaban J connectivity index is 1.83. The molecule has 21 heavy (non-hydrogen) atoms. The third-order valence-electron chi connectivity index (χ3n) is 4.09. The number of aromatic nitrogens is 2. The van der Waals surface area contributed by atoms with Crippen LogP contribution in [-0.4, -0.2) is 57.6 Å². The Morgan fingerprint density at radius 3 is 2.24 bits per heavy atom. The third kappa shape index (κ3) is 2.09. The first kappa shape index (κ1) is 13.7. The van der Waals surface area contributed by atoms with Gasteiger partial charge in [0.1, 0.15) is 11.5 Å². The van der Waals surface area contributed by atoms with Gasteiger partial charge in [0.05, 0.1) is 11.8 Å². The summed E-state index contributed by atoms with van der Waals surface area (Å²) in [5.41, 5.74) is 1.03. The van der Waals surface area contributed by atoms with Gasteiger partial charge in [-0.3, -0.25) is 19.3 Å². The van der Waals surface area contributed by atoms with Crippen molar-refractivity contribution < 1.29 is 14.4 Å². The Morgan fingerprint density at radius 2 is 1.71 bits per heavy atom. The molecule has 2 fully saturated rings. The lowest BCUT2D eigenvalue weighted by molar-refractivity contribution is -0.138. The molecule has 0 aliphatic carbocycles. The molecule has 2 saturated heterocycles. The van der Waals surface area contributed by atoms with Crippen molar-refractivity contribution in [3.63, 3.8) is 0 Å². The Hall–Kier alpha value is -2.31. The average Bonchev–Trinajstić information content (AvgIpc) is 2.94. The van der Waals surface area contributed by atoms with Crippen LogP contribution < -0.4 is 0 Å². The van der Waals surface area contributed by atoms with Crippen LogP contribution in [0.2, 0.25) is 0 Å². The highest BCUT2D eigenvalue weighted by atomic mass is 16.2. The zero-order valence-electron chi connectivity index (χ0n) is 12.2. The van der Waals surface area contributed by atoms with E-state index in [0.717, 1.165) is 10.6 Å². The minimum absolute atomic E-state index is 0.199. The number of aryl methyl sites for hydroxylation is 2. The molecule has 0 N–H and O–H groups in total. The summed E-state index contributed by atoms with van der Waals surface area (Å²) in [4.78, 5) is 47.4. The van der Waals surface area contributed by atoms with Gasteiger partial charge >= 0.3 is 0 Å². The Kier molecular flexibility index (Phi) is 3.00. The molecule has 3 amide bonds. The van der Waals surface area contributed by atoms with E-state index >= 15 is 0 Å². The first-order chi connectivity index (χ1) is 9.88. The number of rotatable bonds is 1. The zero-order chi connectivity index (χ0) is 15.3. The van der Waals surface area contributed by atoms with Gasteiger partial charge in [0.2, 0.25) is 11.8 Å². The topological polar surface area (TPSA) is 83.5 Å². The van der Waals surface area contributed by atoms with Crippen molar-refractivity contribution in [3.8, 4) is 0 Å². The molecule has 110 valence electrons. The molecule has 3 heterocycles. The molecule has 1 aromatic heterocycles. The highest BCUT2D eigenvalue weighted by Gasteiger charge is 2.52. The largest absolute Gasteiger partial charge is 0.336 e. The van der Waals surface area contributed by atoms with E-state index in [0.29, 0.717) is 11.5 Å². The number of imide groups is 1. The van der Waals surface area contributed by atoms with Crippen molar-refractivity contribution >= 4 is 17.7 Å². The highest BCUT2D eigenvalue weighted by Crippen LogP contribution is 2.33. The second kappa shape index (κ2) is 4.61. The minimum Gasteiger partial charge on any atom is -0.336 e. The number of carbonyl (C=O) groups excluding carboxylic acids is 3. The molecule has 0 spiro atoms. The van der Waals surface area contributed by atoms with Gasteiger partial charge in [-0.2, -0.15) is 0 Å². The van der Waals surface area contributed by atoms with Crippen LogP contribution in [0.4, 0.5) is 0 Å². The van der Waals surface area contributed by atoms with E-state index in [-0.39, 0.29) is 30.8 Å². The van der Waals surface area contributed by atoms with Crippen molar-refractivity contribution in [1.29, 1.82) is 0 Å². The van der Waals surface area contributed by atoms with Gasteiger partial charge in [0.15, 0.2) is 0 Å². The maximum Gasteiger partial charge on any atom is 0.272 e. The SMILES string of the molecule is Cc1cc(C(=O)N2C[C@@H]3C(=O)N(C)C(=O)[C@@H]3C2)nc(C)n1. The maximum absolute atomic E-state index is 12.5. The molecular formula is C14H16N4O3. The number of amides is 3. The summed E-state index contributed by atoms with van der Waals surface area (Å²) in [6.45, 7) is 4.08. The summed E-state index contributed by atoms with van der Waals surface area (Å²) in [5.74, 6) is -0.928. The Labute approximate surface area is 122 Å². The first-order valence-corrected chi connectivity index (χ1v) is 6.81. The van der Waals surface area contributed by atoms with Crippen molar-refractivity contribution in [2.24, 2.45) is 11.8 Å². The van der Waals surface area contributed by atoms with Crippen molar-refractivity contribution in [1.82, 2.24) is 19.8 Å². The summed E-state index contributed by atoms with van der Waals surface area (Å²) >= 11 is 0. The van der Waals surface area contributed by atoms with Gasteiger partial charge in [-0.05, 0) is 19.9 Å². The lowest BCUT2D eigenvalue weighted by Crippen LogP contribution is -2.36. The zero-order valence-corrected chi connectivity index (χ0v) is 12.2. The Bertz CT molecular complexity index is 613. The fourth-order valence-corrected chi connectivity index (χ4v) is 3.06. The molecule has 7 nitrogen and oxygen atoms in total. The second-order valence-electron chi connectivity index (χ2n) is 5.60. The molecule has 2 aliphatic rings. The normalized spacial score (nSPS) is 24.7. The lowest BCUT2D eigenvalue weighted by Gasteiger charge is -2.18. The number of carbonyl (C=O) groups is 3. The van der Waals surface area contributed by atoms with Gasteiger partial charge < -0.3 is 4.90 Å². The van der Waals surface area contributed by atoms with E-state index in [1.54, 1.807) is 24.8 Å². The molecule has 0 saturated carbocycles. The van der Waals surface area contributed by atoms with Crippen LogP contribution in [0, 0.1) is 25.7 Å². The van der Waals surface area contributed by atoms with Gasteiger partial charge in [-0.15, -0.1) is 0 Å². The van der Waals surface area contributed by atoms with E-state index in [9.17, 15) is 14.4 Å². The molecule has 7 heteroatoms. The molecule has 0 radical (unpaired) electrons. The van der Waals surface area contributed by atoms with Crippen LogP contribution >= 0.6 is 0 Å². The number of likely N-dealkylation sites (tertiary alicyclic amines) is 2. The van der Waals surface area contributed by atoms with Crippen molar-refractivity contribution in [2.75, 3.05) is 20.1 Å². The molecule has 0 bridgehead atoms. The fraction of sp³-hybridized carbons (Fsp3) is 0.500. The molecule has 0 unspecified atom stereocenters. The van der Waals surface area contributed by atoms with Crippen LogP contribution in [0.3, 0.4) is 0 Å². The smallest absolute Gasteiger partial charge is 0.272 e. The van der Waals surface area contributed by atoms with E-state index in [2.05, 4.69) is 9.97 Å². The molecule has 1 aromatic rings. The van der Waals surface area contributed by atoms with E-state index in [4.69, 9.17) is 0 Å². The molecule has 2 aliphatic heterocycles. The summed E-state index contributed by atoms with van der Waals surface area (Å²) < 4.78 is 0. The minimum atomic E-state index is -0.407. The lowest BCUT2D eigenvalue weighted by atomic mass is 10.00. The van der Waals surface area contributed by atoms with Crippen molar-refractivity contribution in [2.45, 2.75) is 13.8 Å². The highest BCUT2D eigenvalue weighted by molar-refractivity contribution is 6.06. The van der Waals surface area contributed by atoms with Gasteiger partial charge in [0, 0.05) is 25.8 Å². The van der Waals surface area contributed by atoms with Gasteiger partial charge in [-0.1, -0.05) is 0 Å². The van der Waals surface area contributed by atoms with Crippen LogP contribution in [0.25, 0.3) is 0 Å². The number of hydrogen-bond donors (Lipinski definition) is 0. The predicted octanol–water partition coefficient (Wildman–Crippen LogP) is -0.220. The van der Waals surface area contributed by atoms with Crippen LogP contribution in [0.15, 0.2) is 6.07 Å². The van der Waals surface area contributed by atoms with E-state index in [1.165, 1.54) is 7.05 Å². The van der Waals surface area contributed by atoms with Crippen LogP contribution in [-0.2, 0) is 9.59 Å². The second-order valence-corrected chi connectivity index (χ2v) is 5.60. The first-order valence-electron chi connectivity index (χ1n) is 6.81. The maximum atomic E-state index is 12.5. The van der Waals surface area contributed by atoms with Crippen LogP contribution in [0.1, 0.15) is 22.0 Å². The number of fused-ring (bicyclic) bond motifs is 1. The monoisotopic (exact) mass is 288 g/mol. The third-order valence-corrected chi connectivity index (χ3v) is 4.09. The quantitative estimate of drug-likeness (QED) is 0.667. The van der Waals surface area contributed by atoms with Gasteiger partial charge in [-0.25, -0.2) is 9.97 Å².